The van der Waals surface area contributed by atoms with Gasteiger partial charge in [-0.25, -0.2) is 9.97 Å². The smallest absolute Gasteiger partial charge is 0.132 e. The molecule has 1 aliphatic rings. The topological polar surface area (TPSA) is 50.7 Å². The lowest BCUT2D eigenvalue weighted by molar-refractivity contribution is 0.663. The van der Waals surface area contributed by atoms with Crippen molar-refractivity contribution in [1.82, 2.24) is 15.0 Å². The normalized spacial score (nSPS) is 13.9. The van der Waals surface area contributed by atoms with E-state index in [9.17, 15) is 0 Å². The molecule has 2 aromatic rings. The lowest BCUT2D eigenvalue weighted by atomic mass is 9.96. The van der Waals surface area contributed by atoms with E-state index >= 15 is 0 Å². The quantitative estimate of drug-likeness (QED) is 0.910. The van der Waals surface area contributed by atoms with Gasteiger partial charge in [-0.05, 0) is 43.7 Å². The van der Waals surface area contributed by atoms with Crippen LogP contribution in [0.15, 0.2) is 30.9 Å². The van der Waals surface area contributed by atoms with E-state index in [4.69, 9.17) is 0 Å². The van der Waals surface area contributed by atoms with Gasteiger partial charge in [-0.2, -0.15) is 0 Å². The Morgan fingerprint density at radius 3 is 3.00 bits per heavy atom. The Morgan fingerprint density at radius 2 is 2.11 bits per heavy atom. The molecule has 0 unspecified atom stereocenters. The molecule has 19 heavy (non-hydrogen) atoms. The maximum atomic E-state index is 4.39. The molecule has 0 saturated carbocycles. The van der Waals surface area contributed by atoms with Crippen molar-refractivity contribution in [2.75, 3.05) is 11.9 Å². The fourth-order valence-electron chi connectivity index (χ4n) is 2.54. The fourth-order valence-corrected chi connectivity index (χ4v) is 2.54. The lowest BCUT2D eigenvalue weighted by Gasteiger charge is -2.17. The molecular formula is C15H18N4. The monoisotopic (exact) mass is 254 g/mol. The third-order valence-electron chi connectivity index (χ3n) is 3.55. The first-order valence-electron chi connectivity index (χ1n) is 6.89. The fraction of sp³-hybridized carbons (Fsp3) is 0.400. The molecule has 0 bridgehead atoms. The summed E-state index contributed by atoms with van der Waals surface area (Å²) in [5.74, 6) is 1.02. The second-order valence-electron chi connectivity index (χ2n) is 4.89. The van der Waals surface area contributed by atoms with Gasteiger partial charge >= 0.3 is 0 Å². The minimum Gasteiger partial charge on any atom is -0.369 e. The molecule has 0 saturated heterocycles. The summed E-state index contributed by atoms with van der Waals surface area (Å²) in [7, 11) is 0. The van der Waals surface area contributed by atoms with Crippen molar-refractivity contribution in [3.63, 3.8) is 0 Å². The molecule has 4 nitrogen and oxygen atoms in total. The van der Waals surface area contributed by atoms with Crippen LogP contribution in [0.25, 0.3) is 0 Å². The highest BCUT2D eigenvalue weighted by Gasteiger charge is 2.14. The first kappa shape index (κ1) is 12.1. The van der Waals surface area contributed by atoms with Crippen LogP contribution in [0, 0.1) is 0 Å². The van der Waals surface area contributed by atoms with Crippen LogP contribution in [0.5, 0.6) is 0 Å². The van der Waals surface area contributed by atoms with Crippen molar-refractivity contribution < 1.29 is 0 Å². The van der Waals surface area contributed by atoms with E-state index in [0.29, 0.717) is 0 Å². The third-order valence-corrected chi connectivity index (χ3v) is 3.55. The number of hydrogen-bond acceptors (Lipinski definition) is 4. The van der Waals surface area contributed by atoms with Crippen molar-refractivity contribution in [1.29, 1.82) is 0 Å². The van der Waals surface area contributed by atoms with E-state index < -0.39 is 0 Å². The van der Waals surface area contributed by atoms with Gasteiger partial charge in [-0.1, -0.05) is 6.07 Å². The van der Waals surface area contributed by atoms with Crippen LogP contribution in [0.3, 0.4) is 0 Å². The molecule has 98 valence electrons. The second-order valence-corrected chi connectivity index (χ2v) is 4.89. The van der Waals surface area contributed by atoms with Gasteiger partial charge in [-0.3, -0.25) is 4.98 Å². The highest BCUT2D eigenvalue weighted by atomic mass is 15.0. The van der Waals surface area contributed by atoms with Crippen LogP contribution in [-0.4, -0.2) is 21.5 Å². The average molecular weight is 254 g/mol. The zero-order chi connectivity index (χ0) is 12.9. The van der Waals surface area contributed by atoms with E-state index in [2.05, 4.69) is 26.3 Å². The summed E-state index contributed by atoms with van der Waals surface area (Å²) in [6.45, 7) is 0.884. The SMILES string of the molecule is c1cncc(CCNc2ncnc3c2CCCC3)c1. The van der Waals surface area contributed by atoms with Crippen molar-refractivity contribution in [3.05, 3.63) is 47.7 Å². The standard InChI is InChI=1S/C15H18N4/c1-2-6-14-13(5-1)15(19-11-18-14)17-9-7-12-4-3-8-16-10-12/h3-4,8,10-11H,1-2,5-7,9H2,(H,17,18,19). The number of hydrogen-bond donors (Lipinski definition) is 1. The Labute approximate surface area is 113 Å². The number of pyridine rings is 1. The largest absolute Gasteiger partial charge is 0.369 e. The maximum Gasteiger partial charge on any atom is 0.132 e. The summed E-state index contributed by atoms with van der Waals surface area (Å²) in [6.07, 6.45) is 11.1. The number of rotatable bonds is 4. The summed E-state index contributed by atoms with van der Waals surface area (Å²) < 4.78 is 0. The Kier molecular flexibility index (Phi) is 3.68. The van der Waals surface area contributed by atoms with Crippen LogP contribution in [0.4, 0.5) is 5.82 Å². The van der Waals surface area contributed by atoms with E-state index in [1.807, 2.05) is 12.3 Å². The third kappa shape index (κ3) is 2.89. The molecule has 0 aliphatic heterocycles. The van der Waals surface area contributed by atoms with E-state index in [0.717, 1.165) is 31.6 Å². The van der Waals surface area contributed by atoms with Crippen molar-refractivity contribution >= 4 is 5.82 Å². The van der Waals surface area contributed by atoms with E-state index in [1.54, 1.807) is 12.5 Å². The molecule has 2 heterocycles. The lowest BCUT2D eigenvalue weighted by Crippen LogP contribution is -2.13. The van der Waals surface area contributed by atoms with Gasteiger partial charge in [0, 0.05) is 30.2 Å². The molecule has 0 fully saturated rings. The maximum absolute atomic E-state index is 4.39. The van der Waals surface area contributed by atoms with Gasteiger partial charge in [0.15, 0.2) is 0 Å². The van der Waals surface area contributed by atoms with Gasteiger partial charge in [0.25, 0.3) is 0 Å². The predicted octanol–water partition coefficient (Wildman–Crippen LogP) is 2.41. The predicted molar refractivity (Wildman–Crippen MR) is 75.1 cm³/mol. The van der Waals surface area contributed by atoms with Gasteiger partial charge in [0.05, 0.1) is 0 Å². The van der Waals surface area contributed by atoms with Crippen LogP contribution in [0.1, 0.15) is 29.7 Å². The summed E-state index contributed by atoms with van der Waals surface area (Å²) >= 11 is 0. The summed E-state index contributed by atoms with van der Waals surface area (Å²) in [5, 5.41) is 3.44. The van der Waals surface area contributed by atoms with Crippen molar-refractivity contribution in [3.8, 4) is 0 Å². The summed E-state index contributed by atoms with van der Waals surface area (Å²) in [6, 6.07) is 4.08. The molecular weight excluding hydrogens is 236 g/mol. The average Bonchev–Trinajstić information content (AvgIpc) is 2.49. The number of aryl methyl sites for hydroxylation is 1. The number of aromatic nitrogens is 3. The Bertz CT molecular complexity index is 539. The Balaban J connectivity index is 1.64. The van der Waals surface area contributed by atoms with Crippen LogP contribution < -0.4 is 5.32 Å². The molecule has 1 aliphatic carbocycles. The molecule has 0 radical (unpaired) electrons. The second kappa shape index (κ2) is 5.78. The Hall–Kier alpha value is -1.97. The number of nitrogens with one attached hydrogen (secondary N) is 1. The van der Waals surface area contributed by atoms with Crippen molar-refractivity contribution in [2.24, 2.45) is 0 Å². The first-order chi connectivity index (χ1) is 9.43. The molecule has 2 aromatic heterocycles. The van der Waals surface area contributed by atoms with Gasteiger partial charge in [0.2, 0.25) is 0 Å². The van der Waals surface area contributed by atoms with Gasteiger partial charge < -0.3 is 5.32 Å². The molecule has 4 heteroatoms. The minimum atomic E-state index is 0.884. The molecule has 0 atom stereocenters. The molecule has 0 amide bonds. The zero-order valence-corrected chi connectivity index (χ0v) is 11.0. The van der Waals surface area contributed by atoms with Crippen LogP contribution >= 0.6 is 0 Å². The first-order valence-corrected chi connectivity index (χ1v) is 6.89. The molecule has 0 aromatic carbocycles. The van der Waals surface area contributed by atoms with Gasteiger partial charge in [-0.15, -0.1) is 0 Å². The van der Waals surface area contributed by atoms with E-state index in [1.165, 1.54) is 29.7 Å². The molecule has 1 N–H and O–H groups in total. The number of anilines is 1. The summed E-state index contributed by atoms with van der Waals surface area (Å²) in [4.78, 5) is 12.9. The zero-order valence-electron chi connectivity index (χ0n) is 11.0. The van der Waals surface area contributed by atoms with Crippen LogP contribution in [0.2, 0.25) is 0 Å². The van der Waals surface area contributed by atoms with Crippen LogP contribution in [-0.2, 0) is 19.3 Å². The molecule has 0 spiro atoms. The number of fused-ring (bicyclic) bond motifs is 1. The highest BCUT2D eigenvalue weighted by Crippen LogP contribution is 2.24. The van der Waals surface area contributed by atoms with Crippen molar-refractivity contribution in [2.45, 2.75) is 32.1 Å². The van der Waals surface area contributed by atoms with E-state index in [-0.39, 0.29) is 0 Å². The molecule has 3 rings (SSSR count). The highest BCUT2D eigenvalue weighted by molar-refractivity contribution is 5.47. The minimum absolute atomic E-state index is 0.884. The Morgan fingerprint density at radius 1 is 1.16 bits per heavy atom. The van der Waals surface area contributed by atoms with Gasteiger partial charge in [0.1, 0.15) is 12.1 Å². The summed E-state index contributed by atoms with van der Waals surface area (Å²) in [5.41, 5.74) is 3.79. The number of nitrogens with zero attached hydrogens (tertiary/aromatic N) is 3.